The van der Waals surface area contributed by atoms with Crippen LogP contribution in [0.2, 0.25) is 0 Å². The van der Waals surface area contributed by atoms with Crippen LogP contribution < -0.4 is 15.5 Å². The van der Waals surface area contributed by atoms with Crippen molar-refractivity contribution in [2.45, 2.75) is 20.3 Å². The van der Waals surface area contributed by atoms with Gasteiger partial charge in [0.2, 0.25) is 5.91 Å². The maximum absolute atomic E-state index is 12.6. The molecular formula is C21H26N4O2. The van der Waals surface area contributed by atoms with Gasteiger partial charge >= 0.3 is 6.03 Å². The highest BCUT2D eigenvalue weighted by molar-refractivity contribution is 5.92. The van der Waals surface area contributed by atoms with Crippen molar-refractivity contribution < 1.29 is 9.59 Å². The molecule has 6 nitrogen and oxygen atoms in total. The average molecular weight is 366 g/mol. The number of anilines is 3. The fourth-order valence-corrected chi connectivity index (χ4v) is 3.35. The third kappa shape index (κ3) is 4.78. The van der Waals surface area contributed by atoms with Crippen LogP contribution in [0.5, 0.6) is 0 Å². The van der Waals surface area contributed by atoms with Gasteiger partial charge < -0.3 is 20.4 Å². The average Bonchev–Trinajstić information content (AvgIpc) is 2.68. The molecule has 2 aromatic rings. The van der Waals surface area contributed by atoms with Gasteiger partial charge in [0, 0.05) is 50.2 Å². The Morgan fingerprint density at radius 3 is 2.26 bits per heavy atom. The van der Waals surface area contributed by atoms with Crippen LogP contribution in [0.1, 0.15) is 19.4 Å². The molecule has 3 amide bonds. The molecule has 0 bridgehead atoms. The van der Waals surface area contributed by atoms with E-state index in [1.165, 1.54) is 18.2 Å². The van der Waals surface area contributed by atoms with Crippen LogP contribution in [0.3, 0.4) is 0 Å². The van der Waals surface area contributed by atoms with E-state index in [0.717, 1.165) is 19.5 Å². The van der Waals surface area contributed by atoms with E-state index < -0.39 is 0 Å². The fraction of sp³-hybridized carbons (Fsp3) is 0.333. The van der Waals surface area contributed by atoms with Gasteiger partial charge in [-0.1, -0.05) is 31.2 Å². The molecule has 1 fully saturated rings. The standard InChI is InChI=1S/C21H26N4O2/c1-3-17-7-4-5-10-20(17)24-11-13-25(14-12-24)21(27)23-19-9-6-8-18(15-19)22-16(2)26/h4-10,15H,3,11-14H2,1-2H3,(H,22,26)(H,23,27). The van der Waals surface area contributed by atoms with Crippen molar-refractivity contribution >= 4 is 29.0 Å². The number of hydrogen-bond donors (Lipinski definition) is 2. The second-order valence-electron chi connectivity index (χ2n) is 6.65. The largest absolute Gasteiger partial charge is 0.368 e. The molecule has 1 aliphatic heterocycles. The molecule has 0 radical (unpaired) electrons. The molecule has 2 aromatic carbocycles. The zero-order valence-corrected chi connectivity index (χ0v) is 15.9. The summed E-state index contributed by atoms with van der Waals surface area (Å²) in [5, 5.41) is 5.64. The number of nitrogens with zero attached hydrogens (tertiary/aromatic N) is 2. The van der Waals surface area contributed by atoms with Gasteiger partial charge in [0.25, 0.3) is 0 Å². The highest BCUT2D eigenvalue weighted by Crippen LogP contribution is 2.22. The molecule has 27 heavy (non-hydrogen) atoms. The number of hydrogen-bond acceptors (Lipinski definition) is 3. The Morgan fingerprint density at radius 1 is 0.926 bits per heavy atom. The number of piperazine rings is 1. The molecule has 1 aliphatic rings. The number of amides is 3. The Hall–Kier alpha value is -3.02. The Bertz CT molecular complexity index is 813. The highest BCUT2D eigenvalue weighted by Gasteiger charge is 2.22. The predicted molar refractivity (Wildman–Crippen MR) is 109 cm³/mol. The second kappa shape index (κ2) is 8.58. The monoisotopic (exact) mass is 366 g/mol. The van der Waals surface area contributed by atoms with Crippen LogP contribution in [0.15, 0.2) is 48.5 Å². The molecule has 6 heteroatoms. The quantitative estimate of drug-likeness (QED) is 0.870. The first kappa shape index (κ1) is 18.8. The summed E-state index contributed by atoms with van der Waals surface area (Å²) in [6.45, 7) is 6.61. The SMILES string of the molecule is CCc1ccccc1N1CCN(C(=O)Nc2cccc(NC(C)=O)c2)CC1. The van der Waals surface area contributed by atoms with Crippen molar-refractivity contribution in [3.05, 3.63) is 54.1 Å². The Balaban J connectivity index is 1.58. The van der Waals surface area contributed by atoms with Crippen LogP contribution in [0.25, 0.3) is 0 Å². The van der Waals surface area contributed by atoms with Crippen LogP contribution in [-0.2, 0) is 11.2 Å². The van der Waals surface area contributed by atoms with Crippen molar-refractivity contribution in [2.24, 2.45) is 0 Å². The number of rotatable bonds is 4. The first-order valence-corrected chi connectivity index (χ1v) is 9.33. The molecular weight excluding hydrogens is 340 g/mol. The molecule has 0 unspecified atom stereocenters. The van der Waals surface area contributed by atoms with Crippen molar-refractivity contribution in [1.82, 2.24) is 4.90 Å². The summed E-state index contributed by atoms with van der Waals surface area (Å²) in [6, 6.07) is 15.5. The van der Waals surface area contributed by atoms with Crippen molar-refractivity contribution in [1.29, 1.82) is 0 Å². The molecule has 0 saturated carbocycles. The molecule has 142 valence electrons. The van der Waals surface area contributed by atoms with E-state index in [0.29, 0.717) is 24.5 Å². The van der Waals surface area contributed by atoms with Gasteiger partial charge in [0.15, 0.2) is 0 Å². The number of nitrogens with one attached hydrogen (secondary N) is 2. The van der Waals surface area contributed by atoms with Gasteiger partial charge in [-0.3, -0.25) is 4.79 Å². The van der Waals surface area contributed by atoms with E-state index in [4.69, 9.17) is 0 Å². The summed E-state index contributed by atoms with van der Waals surface area (Å²) in [5.41, 5.74) is 3.94. The summed E-state index contributed by atoms with van der Waals surface area (Å²) >= 11 is 0. The van der Waals surface area contributed by atoms with Crippen LogP contribution in [0, 0.1) is 0 Å². The van der Waals surface area contributed by atoms with E-state index in [9.17, 15) is 9.59 Å². The first-order valence-electron chi connectivity index (χ1n) is 9.33. The van der Waals surface area contributed by atoms with E-state index in [-0.39, 0.29) is 11.9 Å². The van der Waals surface area contributed by atoms with E-state index in [1.54, 1.807) is 18.2 Å². The summed E-state index contributed by atoms with van der Waals surface area (Å²) in [5.74, 6) is -0.137. The zero-order valence-electron chi connectivity index (χ0n) is 15.9. The van der Waals surface area contributed by atoms with Gasteiger partial charge in [-0.15, -0.1) is 0 Å². The second-order valence-corrected chi connectivity index (χ2v) is 6.65. The van der Waals surface area contributed by atoms with E-state index >= 15 is 0 Å². The predicted octanol–water partition coefficient (Wildman–Crippen LogP) is 3.56. The van der Waals surface area contributed by atoms with Crippen LogP contribution in [0.4, 0.5) is 21.9 Å². The summed E-state index contributed by atoms with van der Waals surface area (Å²) < 4.78 is 0. The Kier molecular flexibility index (Phi) is 5.96. The smallest absolute Gasteiger partial charge is 0.321 e. The number of urea groups is 1. The lowest BCUT2D eigenvalue weighted by Crippen LogP contribution is -2.50. The lowest BCUT2D eigenvalue weighted by atomic mass is 10.1. The van der Waals surface area contributed by atoms with Gasteiger partial charge in [-0.2, -0.15) is 0 Å². The molecule has 2 N–H and O–H groups in total. The van der Waals surface area contributed by atoms with Gasteiger partial charge in [-0.25, -0.2) is 4.79 Å². The van der Waals surface area contributed by atoms with Gasteiger partial charge in [0.1, 0.15) is 0 Å². The maximum atomic E-state index is 12.6. The summed E-state index contributed by atoms with van der Waals surface area (Å²) in [4.78, 5) is 27.9. The van der Waals surface area contributed by atoms with E-state index in [2.05, 4.69) is 46.7 Å². The van der Waals surface area contributed by atoms with Crippen molar-refractivity contribution in [3.63, 3.8) is 0 Å². The number of carbonyl (C=O) groups excluding carboxylic acids is 2. The molecule has 0 atom stereocenters. The number of para-hydroxylation sites is 1. The summed E-state index contributed by atoms with van der Waals surface area (Å²) in [7, 11) is 0. The van der Waals surface area contributed by atoms with Gasteiger partial charge in [-0.05, 0) is 36.2 Å². The highest BCUT2D eigenvalue weighted by atomic mass is 16.2. The zero-order chi connectivity index (χ0) is 19.2. The molecule has 1 saturated heterocycles. The lowest BCUT2D eigenvalue weighted by molar-refractivity contribution is -0.114. The Morgan fingerprint density at radius 2 is 1.59 bits per heavy atom. The fourth-order valence-electron chi connectivity index (χ4n) is 3.35. The molecule has 0 aliphatic carbocycles. The third-order valence-electron chi connectivity index (χ3n) is 4.71. The Labute approximate surface area is 160 Å². The topological polar surface area (TPSA) is 64.7 Å². The number of benzene rings is 2. The minimum atomic E-state index is -0.137. The third-order valence-corrected chi connectivity index (χ3v) is 4.71. The first-order chi connectivity index (χ1) is 13.1. The normalized spacial score (nSPS) is 14.0. The number of aryl methyl sites for hydroxylation is 1. The molecule has 0 spiro atoms. The molecule has 1 heterocycles. The van der Waals surface area contributed by atoms with Crippen molar-refractivity contribution in [3.8, 4) is 0 Å². The molecule has 0 aromatic heterocycles. The van der Waals surface area contributed by atoms with Gasteiger partial charge in [0.05, 0.1) is 0 Å². The van der Waals surface area contributed by atoms with Crippen LogP contribution >= 0.6 is 0 Å². The summed E-state index contributed by atoms with van der Waals surface area (Å²) in [6.07, 6.45) is 1.00. The van der Waals surface area contributed by atoms with Crippen molar-refractivity contribution in [2.75, 3.05) is 41.7 Å². The van der Waals surface area contributed by atoms with Crippen LogP contribution in [-0.4, -0.2) is 43.0 Å². The van der Waals surface area contributed by atoms with E-state index in [1.807, 2.05) is 11.0 Å². The maximum Gasteiger partial charge on any atom is 0.321 e. The minimum absolute atomic E-state index is 0.113. The number of carbonyl (C=O) groups is 2. The lowest BCUT2D eigenvalue weighted by Gasteiger charge is -2.37. The minimum Gasteiger partial charge on any atom is -0.368 e. The molecule has 3 rings (SSSR count).